The monoisotopic (exact) mass is 322 g/mol. The van der Waals surface area contributed by atoms with E-state index < -0.39 is 0 Å². The minimum atomic E-state index is -0.0167. The predicted molar refractivity (Wildman–Crippen MR) is 91.3 cm³/mol. The molecular weight excluding hydrogens is 304 g/mol. The molecule has 1 amide bonds. The number of fused-ring (bicyclic) bond motifs is 2. The van der Waals surface area contributed by atoms with Gasteiger partial charge < -0.3 is 19.8 Å². The number of benzene rings is 2. The summed E-state index contributed by atoms with van der Waals surface area (Å²) >= 11 is 0. The van der Waals surface area contributed by atoms with Gasteiger partial charge in [0, 0.05) is 23.6 Å². The van der Waals surface area contributed by atoms with Crippen LogP contribution in [0.5, 0.6) is 11.5 Å². The smallest absolute Gasteiger partial charge is 0.224 e. The molecule has 2 heterocycles. The topological polar surface area (TPSA) is 63.4 Å². The van der Waals surface area contributed by atoms with Crippen molar-refractivity contribution in [1.82, 2.24) is 10.3 Å². The summed E-state index contributed by atoms with van der Waals surface area (Å²) in [5.41, 5.74) is 3.07. The van der Waals surface area contributed by atoms with Crippen molar-refractivity contribution in [2.24, 2.45) is 0 Å². The van der Waals surface area contributed by atoms with E-state index in [1.54, 1.807) is 0 Å². The molecule has 0 unspecified atom stereocenters. The van der Waals surface area contributed by atoms with Gasteiger partial charge >= 0.3 is 0 Å². The molecule has 0 atom stereocenters. The summed E-state index contributed by atoms with van der Waals surface area (Å²) in [5, 5.41) is 4.11. The maximum atomic E-state index is 12.2. The molecule has 0 saturated carbocycles. The Labute approximate surface area is 139 Å². The van der Waals surface area contributed by atoms with E-state index in [1.165, 1.54) is 0 Å². The second kappa shape index (κ2) is 6.28. The van der Waals surface area contributed by atoms with Gasteiger partial charge in [0.05, 0.1) is 6.42 Å². The van der Waals surface area contributed by atoms with Crippen LogP contribution in [0, 0.1) is 0 Å². The number of amides is 1. The van der Waals surface area contributed by atoms with Crippen LogP contribution in [0.25, 0.3) is 10.9 Å². The average molecular weight is 322 g/mol. The zero-order valence-corrected chi connectivity index (χ0v) is 13.2. The van der Waals surface area contributed by atoms with Crippen LogP contribution in [0.1, 0.15) is 11.1 Å². The lowest BCUT2D eigenvalue weighted by molar-refractivity contribution is -0.120. The van der Waals surface area contributed by atoms with Gasteiger partial charge in [-0.1, -0.05) is 24.3 Å². The molecule has 5 nitrogen and oxygen atoms in total. The van der Waals surface area contributed by atoms with Crippen LogP contribution in [0.15, 0.2) is 48.7 Å². The maximum absolute atomic E-state index is 12.2. The number of rotatable bonds is 4. The number of para-hydroxylation sites is 1. The first-order valence-corrected chi connectivity index (χ1v) is 8.00. The Morgan fingerprint density at radius 3 is 2.83 bits per heavy atom. The van der Waals surface area contributed by atoms with Crippen LogP contribution in [-0.2, 0) is 17.8 Å². The van der Waals surface area contributed by atoms with Crippen LogP contribution in [-0.4, -0.2) is 24.1 Å². The maximum Gasteiger partial charge on any atom is 0.224 e. The van der Waals surface area contributed by atoms with Gasteiger partial charge in [0.1, 0.15) is 13.2 Å². The van der Waals surface area contributed by atoms with Gasteiger partial charge in [0.2, 0.25) is 5.91 Å². The fraction of sp³-hybridized carbons (Fsp3) is 0.211. The zero-order valence-electron chi connectivity index (χ0n) is 13.2. The third-order valence-electron chi connectivity index (χ3n) is 4.12. The van der Waals surface area contributed by atoms with E-state index in [9.17, 15) is 4.79 Å². The number of carbonyl (C=O) groups is 1. The molecule has 0 spiro atoms. The first-order chi connectivity index (χ1) is 11.8. The zero-order chi connectivity index (χ0) is 16.4. The van der Waals surface area contributed by atoms with E-state index in [0.29, 0.717) is 31.9 Å². The van der Waals surface area contributed by atoms with Crippen molar-refractivity contribution in [2.45, 2.75) is 13.0 Å². The van der Waals surface area contributed by atoms with E-state index >= 15 is 0 Å². The number of ether oxygens (including phenoxy) is 2. The second-order valence-corrected chi connectivity index (χ2v) is 5.79. The molecule has 122 valence electrons. The second-order valence-electron chi connectivity index (χ2n) is 5.79. The van der Waals surface area contributed by atoms with E-state index in [1.807, 2.05) is 48.7 Å². The Balaban J connectivity index is 1.40. The number of H-pyrrole nitrogens is 1. The predicted octanol–water partition coefficient (Wildman–Crippen LogP) is 2.80. The summed E-state index contributed by atoms with van der Waals surface area (Å²) in [6.07, 6.45) is 2.26. The fourth-order valence-corrected chi connectivity index (χ4v) is 2.92. The lowest BCUT2D eigenvalue weighted by atomic mass is 10.1. The highest BCUT2D eigenvalue weighted by Crippen LogP contribution is 2.30. The first-order valence-electron chi connectivity index (χ1n) is 8.00. The summed E-state index contributed by atoms with van der Waals surface area (Å²) in [5.74, 6) is 1.43. The Bertz CT molecular complexity index is 885. The van der Waals surface area contributed by atoms with Crippen LogP contribution in [0.2, 0.25) is 0 Å². The molecule has 0 radical (unpaired) electrons. The van der Waals surface area contributed by atoms with Crippen LogP contribution in [0.3, 0.4) is 0 Å². The standard InChI is InChI=1S/C19H18N2O3/c22-19(10-13-5-6-17-18(9-13)24-8-7-23-17)21-12-14-11-20-16-4-2-1-3-15(14)16/h1-6,9,11,20H,7-8,10,12H2,(H,21,22). The normalized spacial score (nSPS) is 13.0. The molecule has 24 heavy (non-hydrogen) atoms. The summed E-state index contributed by atoms with van der Waals surface area (Å²) in [6, 6.07) is 13.7. The Hall–Kier alpha value is -2.95. The third kappa shape index (κ3) is 2.93. The Morgan fingerprint density at radius 2 is 1.92 bits per heavy atom. The highest BCUT2D eigenvalue weighted by atomic mass is 16.6. The van der Waals surface area contributed by atoms with Crippen LogP contribution < -0.4 is 14.8 Å². The number of carbonyl (C=O) groups excluding carboxylic acids is 1. The lowest BCUT2D eigenvalue weighted by Gasteiger charge is -2.18. The molecule has 2 N–H and O–H groups in total. The van der Waals surface area contributed by atoms with Gasteiger partial charge in [-0.3, -0.25) is 4.79 Å². The summed E-state index contributed by atoms with van der Waals surface area (Å²) in [4.78, 5) is 15.4. The van der Waals surface area contributed by atoms with Gasteiger partial charge in [-0.2, -0.15) is 0 Å². The third-order valence-corrected chi connectivity index (χ3v) is 4.12. The molecule has 3 aromatic rings. The minimum Gasteiger partial charge on any atom is -0.486 e. The number of aromatic amines is 1. The van der Waals surface area contributed by atoms with E-state index in [-0.39, 0.29) is 5.91 Å². The summed E-state index contributed by atoms with van der Waals surface area (Å²) in [6.45, 7) is 1.62. The van der Waals surface area contributed by atoms with Gasteiger partial charge in [0.15, 0.2) is 11.5 Å². The van der Waals surface area contributed by atoms with Crippen molar-refractivity contribution < 1.29 is 14.3 Å². The molecule has 2 aromatic carbocycles. The van der Waals surface area contributed by atoms with E-state index in [4.69, 9.17) is 9.47 Å². The van der Waals surface area contributed by atoms with E-state index in [2.05, 4.69) is 10.3 Å². The Morgan fingerprint density at radius 1 is 1.08 bits per heavy atom. The molecule has 1 aromatic heterocycles. The van der Waals surface area contributed by atoms with Gasteiger partial charge in [0.25, 0.3) is 0 Å². The van der Waals surface area contributed by atoms with Gasteiger partial charge in [-0.05, 0) is 29.3 Å². The van der Waals surface area contributed by atoms with Gasteiger partial charge in [-0.25, -0.2) is 0 Å². The van der Waals surface area contributed by atoms with Crippen molar-refractivity contribution in [3.63, 3.8) is 0 Å². The van der Waals surface area contributed by atoms with Crippen molar-refractivity contribution in [3.05, 3.63) is 59.8 Å². The number of nitrogens with one attached hydrogen (secondary N) is 2. The summed E-state index contributed by atoms with van der Waals surface area (Å²) in [7, 11) is 0. The molecular formula is C19H18N2O3. The first kappa shape index (κ1) is 14.6. The van der Waals surface area contributed by atoms with Crippen LogP contribution >= 0.6 is 0 Å². The highest BCUT2D eigenvalue weighted by Gasteiger charge is 2.13. The molecule has 4 rings (SSSR count). The molecule has 0 fully saturated rings. The molecule has 5 heteroatoms. The highest BCUT2D eigenvalue weighted by molar-refractivity contribution is 5.84. The largest absolute Gasteiger partial charge is 0.486 e. The van der Waals surface area contributed by atoms with E-state index in [0.717, 1.165) is 27.8 Å². The molecule has 0 aliphatic carbocycles. The number of aromatic nitrogens is 1. The SMILES string of the molecule is O=C(Cc1ccc2c(c1)OCCO2)NCc1c[nH]c2ccccc12. The molecule has 1 aliphatic heterocycles. The minimum absolute atomic E-state index is 0.0167. The molecule has 1 aliphatic rings. The lowest BCUT2D eigenvalue weighted by Crippen LogP contribution is -2.24. The Kier molecular flexibility index (Phi) is 3.83. The van der Waals surface area contributed by atoms with Crippen molar-refractivity contribution in [2.75, 3.05) is 13.2 Å². The fourth-order valence-electron chi connectivity index (χ4n) is 2.92. The molecule has 0 bridgehead atoms. The molecule has 0 saturated heterocycles. The summed E-state index contributed by atoms with van der Waals surface area (Å²) < 4.78 is 11.0. The average Bonchev–Trinajstić information content (AvgIpc) is 3.03. The van der Waals surface area contributed by atoms with Crippen molar-refractivity contribution >= 4 is 16.8 Å². The number of hydrogen-bond donors (Lipinski definition) is 2. The quantitative estimate of drug-likeness (QED) is 0.776. The van der Waals surface area contributed by atoms with Crippen molar-refractivity contribution in [1.29, 1.82) is 0 Å². The van der Waals surface area contributed by atoms with Crippen molar-refractivity contribution in [3.8, 4) is 11.5 Å². The van der Waals surface area contributed by atoms with Gasteiger partial charge in [-0.15, -0.1) is 0 Å². The number of hydrogen-bond acceptors (Lipinski definition) is 3. The van der Waals surface area contributed by atoms with Crippen LogP contribution in [0.4, 0.5) is 0 Å².